The van der Waals surface area contributed by atoms with E-state index in [-0.39, 0.29) is 11.9 Å². The fraction of sp³-hybridized carbons (Fsp3) is 0.789. The molecule has 0 aromatic carbocycles. The lowest BCUT2D eigenvalue weighted by atomic mass is 9.76. The number of carbonyl (C=O) groups is 1. The van der Waals surface area contributed by atoms with Crippen molar-refractivity contribution in [2.45, 2.75) is 44.6 Å². The van der Waals surface area contributed by atoms with Gasteiger partial charge in [0.15, 0.2) is 0 Å². The van der Waals surface area contributed by atoms with Crippen LogP contribution in [0.2, 0.25) is 0 Å². The summed E-state index contributed by atoms with van der Waals surface area (Å²) < 4.78 is 11.0. The third-order valence-corrected chi connectivity index (χ3v) is 5.41. The Hall–Kier alpha value is -1.44. The Bertz CT molecular complexity index is 589. The molecule has 26 heavy (non-hydrogen) atoms. The molecule has 0 bridgehead atoms. The Labute approximate surface area is 155 Å². The van der Waals surface area contributed by atoms with Crippen molar-refractivity contribution in [3.63, 3.8) is 0 Å². The minimum absolute atomic E-state index is 0.109. The predicted molar refractivity (Wildman–Crippen MR) is 99.1 cm³/mol. The van der Waals surface area contributed by atoms with Crippen LogP contribution in [0.5, 0.6) is 0 Å². The van der Waals surface area contributed by atoms with Crippen molar-refractivity contribution in [1.29, 1.82) is 0 Å². The van der Waals surface area contributed by atoms with Crippen molar-refractivity contribution < 1.29 is 14.1 Å². The highest BCUT2D eigenvalue weighted by molar-refractivity contribution is 5.83. The minimum atomic E-state index is -0.470. The number of amides is 1. The van der Waals surface area contributed by atoms with Gasteiger partial charge >= 0.3 is 0 Å². The molecular formula is C19H32N4O3. The van der Waals surface area contributed by atoms with Crippen molar-refractivity contribution in [2.75, 3.05) is 46.9 Å². The van der Waals surface area contributed by atoms with Crippen molar-refractivity contribution >= 4 is 5.91 Å². The van der Waals surface area contributed by atoms with E-state index in [4.69, 9.17) is 9.26 Å². The van der Waals surface area contributed by atoms with Gasteiger partial charge in [-0.2, -0.15) is 0 Å². The molecule has 7 heteroatoms. The first-order valence-electron chi connectivity index (χ1n) is 9.68. The first-order chi connectivity index (χ1) is 12.5. The number of ether oxygens (including phenoxy) is 1. The van der Waals surface area contributed by atoms with Crippen LogP contribution in [0.3, 0.4) is 0 Å². The van der Waals surface area contributed by atoms with Gasteiger partial charge in [-0.05, 0) is 46.8 Å². The number of nitrogens with one attached hydrogen (secondary N) is 2. The number of hydrogen-bond donors (Lipinski definition) is 2. The molecule has 1 aromatic heterocycles. The summed E-state index contributed by atoms with van der Waals surface area (Å²) in [6.07, 6.45) is 3.43. The van der Waals surface area contributed by atoms with Crippen LogP contribution >= 0.6 is 0 Å². The standard InChI is InChI=1S/C19H32N4O3/c1-14(11-23(2)3)21-18(24)19(6-4-7-20-13-19)10-16-9-17(22-26-16)15-5-8-25-12-15/h9,14-15,20H,4-8,10-13H2,1-3H3,(H,21,24)/t14-,15+,19-/m1/s1. The molecule has 0 aliphatic carbocycles. The largest absolute Gasteiger partial charge is 0.381 e. The highest BCUT2D eigenvalue weighted by Gasteiger charge is 2.41. The van der Waals surface area contributed by atoms with Gasteiger partial charge < -0.3 is 24.8 Å². The van der Waals surface area contributed by atoms with Crippen LogP contribution in [0.4, 0.5) is 0 Å². The lowest BCUT2D eigenvalue weighted by molar-refractivity contribution is -0.133. The van der Waals surface area contributed by atoms with Gasteiger partial charge in [0, 0.05) is 44.1 Å². The van der Waals surface area contributed by atoms with Gasteiger partial charge in [0.25, 0.3) is 0 Å². The first kappa shape index (κ1) is 19.3. The summed E-state index contributed by atoms with van der Waals surface area (Å²) in [4.78, 5) is 15.2. The predicted octanol–water partition coefficient (Wildman–Crippen LogP) is 1.16. The average Bonchev–Trinajstić information content (AvgIpc) is 3.26. The lowest BCUT2D eigenvalue weighted by Crippen LogP contribution is -2.54. The molecular weight excluding hydrogens is 332 g/mol. The molecule has 1 amide bonds. The van der Waals surface area contributed by atoms with Gasteiger partial charge in [-0.3, -0.25) is 4.79 Å². The smallest absolute Gasteiger partial charge is 0.228 e. The molecule has 2 saturated heterocycles. The highest BCUT2D eigenvalue weighted by Crippen LogP contribution is 2.33. The zero-order valence-electron chi connectivity index (χ0n) is 16.2. The number of piperidine rings is 1. The van der Waals surface area contributed by atoms with E-state index >= 15 is 0 Å². The number of rotatable bonds is 7. The zero-order valence-corrected chi connectivity index (χ0v) is 16.2. The van der Waals surface area contributed by atoms with Gasteiger partial charge in [0.2, 0.25) is 5.91 Å². The summed E-state index contributed by atoms with van der Waals surface area (Å²) >= 11 is 0. The summed E-state index contributed by atoms with van der Waals surface area (Å²) in [7, 11) is 4.03. The van der Waals surface area contributed by atoms with E-state index in [0.717, 1.165) is 50.4 Å². The quantitative estimate of drug-likeness (QED) is 0.756. The molecule has 3 atom stereocenters. The molecule has 2 N–H and O–H groups in total. The van der Waals surface area contributed by atoms with Crippen molar-refractivity contribution in [2.24, 2.45) is 5.41 Å². The van der Waals surface area contributed by atoms with Crippen LogP contribution in [0.1, 0.15) is 43.6 Å². The van der Waals surface area contributed by atoms with Gasteiger partial charge in [-0.1, -0.05) is 5.16 Å². The van der Waals surface area contributed by atoms with Crippen molar-refractivity contribution in [3.05, 3.63) is 17.5 Å². The molecule has 3 heterocycles. The molecule has 146 valence electrons. The van der Waals surface area contributed by atoms with E-state index in [9.17, 15) is 4.79 Å². The number of carbonyl (C=O) groups excluding carboxylic acids is 1. The Balaban J connectivity index is 1.69. The second-order valence-electron chi connectivity index (χ2n) is 8.15. The topological polar surface area (TPSA) is 79.6 Å². The van der Waals surface area contributed by atoms with Crippen LogP contribution in [-0.4, -0.2) is 68.9 Å². The minimum Gasteiger partial charge on any atom is -0.381 e. The second kappa shape index (κ2) is 8.50. The van der Waals surface area contributed by atoms with E-state index in [1.165, 1.54) is 0 Å². The molecule has 3 rings (SSSR count). The fourth-order valence-corrected chi connectivity index (χ4v) is 4.07. The van der Waals surface area contributed by atoms with E-state index in [2.05, 4.69) is 27.6 Å². The molecule has 7 nitrogen and oxygen atoms in total. The third-order valence-electron chi connectivity index (χ3n) is 5.41. The number of hydrogen-bond acceptors (Lipinski definition) is 6. The maximum absolute atomic E-state index is 13.1. The van der Waals surface area contributed by atoms with E-state index in [1.807, 2.05) is 20.2 Å². The van der Waals surface area contributed by atoms with Crippen LogP contribution in [0, 0.1) is 5.41 Å². The van der Waals surface area contributed by atoms with E-state index in [0.29, 0.717) is 25.5 Å². The SMILES string of the molecule is C[C@H](CN(C)C)NC(=O)[C@@]1(Cc2cc([C@H]3CCOC3)no2)CCCNC1. The first-order valence-corrected chi connectivity index (χ1v) is 9.68. The molecule has 0 unspecified atom stereocenters. The monoisotopic (exact) mass is 364 g/mol. The number of likely N-dealkylation sites (N-methyl/N-ethyl adjacent to an activating group) is 1. The zero-order chi connectivity index (χ0) is 18.6. The molecule has 0 spiro atoms. The number of aromatic nitrogens is 1. The summed E-state index contributed by atoms with van der Waals surface area (Å²) in [5, 5.41) is 10.8. The van der Waals surface area contributed by atoms with E-state index < -0.39 is 5.41 Å². The van der Waals surface area contributed by atoms with Crippen molar-refractivity contribution in [1.82, 2.24) is 20.7 Å². The van der Waals surface area contributed by atoms with Crippen LogP contribution in [0.25, 0.3) is 0 Å². The average molecular weight is 364 g/mol. The van der Waals surface area contributed by atoms with Gasteiger partial charge in [0.05, 0.1) is 17.7 Å². The summed E-state index contributed by atoms with van der Waals surface area (Å²) in [5.74, 6) is 1.23. The lowest BCUT2D eigenvalue weighted by Gasteiger charge is -2.36. The maximum Gasteiger partial charge on any atom is 0.228 e. The van der Waals surface area contributed by atoms with Gasteiger partial charge in [-0.15, -0.1) is 0 Å². The Morgan fingerprint density at radius 1 is 1.54 bits per heavy atom. The summed E-state index contributed by atoms with van der Waals surface area (Å²) in [6.45, 7) is 6.01. The normalized spacial score (nSPS) is 27.6. The second-order valence-corrected chi connectivity index (χ2v) is 8.15. The maximum atomic E-state index is 13.1. The Kier molecular flexibility index (Phi) is 6.32. The molecule has 2 aliphatic heterocycles. The molecule has 2 fully saturated rings. The molecule has 2 aliphatic rings. The third kappa shape index (κ3) is 4.64. The van der Waals surface area contributed by atoms with Crippen LogP contribution < -0.4 is 10.6 Å². The van der Waals surface area contributed by atoms with Crippen LogP contribution in [-0.2, 0) is 16.0 Å². The Morgan fingerprint density at radius 2 is 2.38 bits per heavy atom. The molecule has 0 radical (unpaired) electrons. The summed E-state index contributed by atoms with van der Waals surface area (Å²) in [5.41, 5.74) is 0.486. The van der Waals surface area contributed by atoms with E-state index in [1.54, 1.807) is 0 Å². The van der Waals surface area contributed by atoms with Crippen molar-refractivity contribution in [3.8, 4) is 0 Å². The van der Waals surface area contributed by atoms with Crippen LogP contribution in [0.15, 0.2) is 10.6 Å². The molecule has 0 saturated carbocycles. The van der Waals surface area contributed by atoms with Gasteiger partial charge in [-0.25, -0.2) is 0 Å². The fourth-order valence-electron chi connectivity index (χ4n) is 4.07. The number of nitrogens with zero attached hydrogens (tertiary/aromatic N) is 2. The Morgan fingerprint density at radius 3 is 3.04 bits per heavy atom. The van der Waals surface area contributed by atoms with Gasteiger partial charge in [0.1, 0.15) is 5.76 Å². The molecule has 1 aromatic rings. The highest BCUT2D eigenvalue weighted by atomic mass is 16.5. The summed E-state index contributed by atoms with van der Waals surface area (Å²) in [6, 6.07) is 2.13.